The van der Waals surface area contributed by atoms with Crippen LogP contribution in [0.25, 0.3) is 0 Å². The maximum absolute atomic E-state index is 12.3. The Morgan fingerprint density at radius 2 is 2.24 bits per heavy atom. The first kappa shape index (κ1) is 16.0. The molecule has 1 atom stereocenters. The average molecular weight is 294 g/mol. The normalized spacial score (nSPS) is 23.5. The highest BCUT2D eigenvalue weighted by molar-refractivity contribution is 5.84. The number of morpholine rings is 1. The van der Waals surface area contributed by atoms with Crippen LogP contribution >= 0.6 is 0 Å². The van der Waals surface area contributed by atoms with Gasteiger partial charge in [0, 0.05) is 46.0 Å². The SMILES string of the molecule is CC(C)n1nccc1CN1CCOC(C)(C(=O)N(C)C)C1. The van der Waals surface area contributed by atoms with E-state index >= 15 is 0 Å². The van der Waals surface area contributed by atoms with E-state index in [4.69, 9.17) is 4.74 Å². The van der Waals surface area contributed by atoms with Gasteiger partial charge >= 0.3 is 0 Å². The summed E-state index contributed by atoms with van der Waals surface area (Å²) in [5, 5.41) is 4.36. The fourth-order valence-corrected chi connectivity index (χ4v) is 2.85. The first-order valence-corrected chi connectivity index (χ1v) is 7.44. The summed E-state index contributed by atoms with van der Waals surface area (Å²) in [6.07, 6.45) is 1.83. The number of nitrogens with zero attached hydrogens (tertiary/aromatic N) is 4. The van der Waals surface area contributed by atoms with Crippen molar-refractivity contribution in [3.63, 3.8) is 0 Å². The standard InChI is InChI=1S/C15H26N4O2/c1-12(2)19-13(6-7-16-19)10-18-8-9-21-15(3,11-18)14(20)17(4)5/h6-7,12H,8-11H2,1-5H3. The van der Waals surface area contributed by atoms with Gasteiger partial charge in [0.05, 0.1) is 12.3 Å². The van der Waals surface area contributed by atoms with Crippen molar-refractivity contribution in [2.45, 2.75) is 39.0 Å². The summed E-state index contributed by atoms with van der Waals surface area (Å²) in [7, 11) is 3.54. The molecule has 0 saturated carbocycles. The molecule has 1 fully saturated rings. The van der Waals surface area contributed by atoms with Gasteiger partial charge in [-0.25, -0.2) is 0 Å². The smallest absolute Gasteiger partial charge is 0.255 e. The molecule has 1 amide bonds. The molecule has 1 aromatic heterocycles. The van der Waals surface area contributed by atoms with Crippen molar-refractivity contribution in [2.75, 3.05) is 33.8 Å². The fourth-order valence-electron chi connectivity index (χ4n) is 2.85. The van der Waals surface area contributed by atoms with Gasteiger partial charge < -0.3 is 9.64 Å². The summed E-state index contributed by atoms with van der Waals surface area (Å²) in [4.78, 5) is 16.2. The average Bonchev–Trinajstić information content (AvgIpc) is 2.86. The molecule has 1 aromatic rings. The third kappa shape index (κ3) is 3.44. The summed E-state index contributed by atoms with van der Waals surface area (Å²) in [6, 6.07) is 2.38. The minimum atomic E-state index is -0.759. The highest BCUT2D eigenvalue weighted by Gasteiger charge is 2.40. The van der Waals surface area contributed by atoms with Crippen LogP contribution in [-0.2, 0) is 16.1 Å². The van der Waals surface area contributed by atoms with Crippen molar-refractivity contribution in [3.8, 4) is 0 Å². The molecule has 6 heteroatoms. The third-order valence-electron chi connectivity index (χ3n) is 3.84. The molecule has 0 radical (unpaired) electrons. The van der Waals surface area contributed by atoms with E-state index in [0.29, 0.717) is 19.2 Å². The van der Waals surface area contributed by atoms with E-state index in [-0.39, 0.29) is 5.91 Å². The highest BCUT2D eigenvalue weighted by atomic mass is 16.5. The van der Waals surface area contributed by atoms with E-state index in [1.807, 2.05) is 23.9 Å². The molecule has 1 aliphatic heterocycles. The minimum absolute atomic E-state index is 0.0181. The number of ether oxygens (including phenoxy) is 1. The second-order valence-corrected chi connectivity index (χ2v) is 6.35. The van der Waals surface area contributed by atoms with E-state index in [0.717, 1.165) is 13.1 Å². The zero-order valence-corrected chi connectivity index (χ0v) is 13.7. The van der Waals surface area contributed by atoms with Gasteiger partial charge in [0.25, 0.3) is 5.91 Å². The van der Waals surface area contributed by atoms with E-state index in [2.05, 4.69) is 23.8 Å². The second kappa shape index (κ2) is 6.15. The topological polar surface area (TPSA) is 50.6 Å². The van der Waals surface area contributed by atoms with Crippen LogP contribution in [0.1, 0.15) is 32.5 Å². The molecule has 0 N–H and O–H groups in total. The van der Waals surface area contributed by atoms with Crippen LogP contribution in [0.4, 0.5) is 0 Å². The molecule has 1 aliphatic rings. The van der Waals surface area contributed by atoms with Gasteiger partial charge in [0.2, 0.25) is 0 Å². The molecule has 0 bridgehead atoms. The predicted molar refractivity (Wildman–Crippen MR) is 80.9 cm³/mol. The van der Waals surface area contributed by atoms with Gasteiger partial charge in [-0.3, -0.25) is 14.4 Å². The van der Waals surface area contributed by atoms with Crippen LogP contribution in [0.2, 0.25) is 0 Å². The van der Waals surface area contributed by atoms with Crippen molar-refractivity contribution in [2.24, 2.45) is 0 Å². The summed E-state index contributed by atoms with van der Waals surface area (Å²) in [5.74, 6) is 0.0181. The molecule has 0 spiro atoms. The molecule has 2 rings (SSSR count). The molecular weight excluding hydrogens is 268 g/mol. The maximum atomic E-state index is 12.3. The van der Waals surface area contributed by atoms with Gasteiger partial charge in [-0.1, -0.05) is 0 Å². The Kier molecular flexibility index (Phi) is 4.68. The van der Waals surface area contributed by atoms with Crippen molar-refractivity contribution in [1.82, 2.24) is 19.6 Å². The first-order chi connectivity index (χ1) is 9.83. The summed E-state index contributed by atoms with van der Waals surface area (Å²) >= 11 is 0. The fraction of sp³-hybridized carbons (Fsp3) is 0.733. The number of rotatable bonds is 4. The van der Waals surface area contributed by atoms with Crippen molar-refractivity contribution in [1.29, 1.82) is 0 Å². The largest absolute Gasteiger partial charge is 0.363 e. The van der Waals surface area contributed by atoms with Gasteiger partial charge in [0.15, 0.2) is 5.60 Å². The zero-order chi connectivity index (χ0) is 15.6. The van der Waals surface area contributed by atoms with E-state index < -0.39 is 5.60 Å². The minimum Gasteiger partial charge on any atom is -0.363 e. The van der Waals surface area contributed by atoms with Crippen LogP contribution in [0, 0.1) is 0 Å². The van der Waals surface area contributed by atoms with E-state index in [9.17, 15) is 4.79 Å². The van der Waals surface area contributed by atoms with Crippen LogP contribution in [0.15, 0.2) is 12.3 Å². The molecule has 1 saturated heterocycles. The number of amides is 1. The Labute approximate surface area is 126 Å². The Bertz CT molecular complexity index is 498. The van der Waals surface area contributed by atoms with E-state index in [1.165, 1.54) is 5.69 Å². The van der Waals surface area contributed by atoms with Gasteiger partial charge in [0.1, 0.15) is 0 Å². The molecule has 2 heterocycles. The van der Waals surface area contributed by atoms with Crippen molar-refractivity contribution < 1.29 is 9.53 Å². The second-order valence-electron chi connectivity index (χ2n) is 6.35. The molecule has 0 aliphatic carbocycles. The number of likely N-dealkylation sites (N-methyl/N-ethyl adjacent to an activating group) is 1. The predicted octanol–water partition coefficient (Wildman–Crippen LogP) is 1.14. The maximum Gasteiger partial charge on any atom is 0.255 e. The lowest BCUT2D eigenvalue weighted by atomic mass is 10.0. The Hall–Kier alpha value is -1.40. The first-order valence-electron chi connectivity index (χ1n) is 7.44. The van der Waals surface area contributed by atoms with Gasteiger partial charge in [-0.05, 0) is 26.8 Å². The lowest BCUT2D eigenvalue weighted by Gasteiger charge is -2.40. The van der Waals surface area contributed by atoms with Crippen LogP contribution in [0.3, 0.4) is 0 Å². The van der Waals surface area contributed by atoms with Gasteiger partial charge in [-0.2, -0.15) is 5.10 Å². The number of hydrogen-bond donors (Lipinski definition) is 0. The van der Waals surface area contributed by atoms with E-state index in [1.54, 1.807) is 19.0 Å². The summed E-state index contributed by atoms with van der Waals surface area (Å²) < 4.78 is 7.79. The Morgan fingerprint density at radius 1 is 1.52 bits per heavy atom. The number of hydrogen-bond acceptors (Lipinski definition) is 4. The van der Waals surface area contributed by atoms with Gasteiger partial charge in [-0.15, -0.1) is 0 Å². The molecule has 1 unspecified atom stereocenters. The molecular formula is C15H26N4O2. The van der Waals surface area contributed by atoms with Crippen LogP contribution in [0.5, 0.6) is 0 Å². The quantitative estimate of drug-likeness (QED) is 0.836. The molecule has 21 heavy (non-hydrogen) atoms. The molecule has 0 aromatic carbocycles. The Morgan fingerprint density at radius 3 is 2.86 bits per heavy atom. The van der Waals surface area contributed by atoms with Crippen molar-refractivity contribution in [3.05, 3.63) is 18.0 Å². The summed E-state index contributed by atoms with van der Waals surface area (Å²) in [5.41, 5.74) is 0.413. The molecule has 6 nitrogen and oxygen atoms in total. The third-order valence-corrected chi connectivity index (χ3v) is 3.84. The Balaban J connectivity index is 2.08. The van der Waals surface area contributed by atoms with Crippen LogP contribution < -0.4 is 0 Å². The highest BCUT2D eigenvalue weighted by Crippen LogP contribution is 2.21. The summed E-state index contributed by atoms with van der Waals surface area (Å²) in [6.45, 7) is 8.92. The monoisotopic (exact) mass is 294 g/mol. The lowest BCUT2D eigenvalue weighted by Crippen LogP contribution is -2.57. The number of carbonyl (C=O) groups is 1. The zero-order valence-electron chi connectivity index (χ0n) is 13.7. The number of carbonyl (C=O) groups excluding carboxylic acids is 1. The molecule has 118 valence electrons. The lowest BCUT2D eigenvalue weighted by molar-refractivity contribution is -0.165. The number of aromatic nitrogens is 2. The van der Waals surface area contributed by atoms with Crippen molar-refractivity contribution >= 4 is 5.91 Å². The van der Waals surface area contributed by atoms with Crippen LogP contribution in [-0.4, -0.2) is 64.9 Å².